The molecular formula is C17H14ClF3N6OS. The summed E-state index contributed by atoms with van der Waals surface area (Å²) in [5.41, 5.74) is 0.109. The van der Waals surface area contributed by atoms with E-state index in [1.807, 2.05) is 4.90 Å². The van der Waals surface area contributed by atoms with Crippen molar-refractivity contribution in [2.75, 3.05) is 34.8 Å². The average molecular weight is 443 g/mol. The molecule has 1 N–H and O–H groups in total. The quantitative estimate of drug-likeness (QED) is 0.491. The molecule has 0 unspecified atom stereocenters. The van der Waals surface area contributed by atoms with Gasteiger partial charge in [0.05, 0.1) is 18.7 Å². The van der Waals surface area contributed by atoms with E-state index in [9.17, 15) is 17.7 Å². The Morgan fingerprint density at radius 2 is 1.86 bits per heavy atom. The molecule has 0 spiro atoms. The van der Waals surface area contributed by atoms with Crippen LogP contribution in [0, 0.1) is 0 Å². The Labute approximate surface area is 171 Å². The Bertz CT molecular complexity index is 1050. The Hall–Kier alpha value is -2.37. The van der Waals surface area contributed by atoms with Crippen molar-refractivity contribution in [3.8, 4) is 0 Å². The molecule has 3 aromatic rings. The van der Waals surface area contributed by atoms with Gasteiger partial charge in [0, 0.05) is 5.69 Å². The van der Waals surface area contributed by atoms with Crippen molar-refractivity contribution in [2.45, 2.75) is 6.18 Å². The lowest BCUT2D eigenvalue weighted by molar-refractivity contribution is -0.137. The molecule has 1 fully saturated rings. The normalized spacial score (nSPS) is 15.7. The van der Waals surface area contributed by atoms with E-state index in [0.29, 0.717) is 35.9 Å². The first-order chi connectivity index (χ1) is 13.8. The summed E-state index contributed by atoms with van der Waals surface area (Å²) < 4.78 is 50.6. The van der Waals surface area contributed by atoms with Crippen LogP contribution < -0.4 is 10.2 Å². The second-order valence-corrected chi connectivity index (χ2v) is 8.31. The standard InChI is InChI=1S/C17H14ClF3N6OS/c18-16-25-12-13(15(26-16)27-4-6-29(28)7-5-27)22-9-23-14(12)24-11-3-1-2-10(8-11)17(19,20)21/h1-3,8-9H,4-7H2,(H,22,23,24). The first kappa shape index (κ1) is 19.9. The highest BCUT2D eigenvalue weighted by Crippen LogP contribution is 2.33. The molecule has 1 aliphatic rings. The average Bonchev–Trinajstić information content (AvgIpc) is 2.68. The van der Waals surface area contributed by atoms with E-state index in [0.717, 1.165) is 12.1 Å². The highest BCUT2D eigenvalue weighted by atomic mass is 35.5. The molecule has 0 radical (unpaired) electrons. The van der Waals surface area contributed by atoms with Gasteiger partial charge in [-0.05, 0) is 29.8 Å². The van der Waals surface area contributed by atoms with Gasteiger partial charge in [-0.15, -0.1) is 0 Å². The maximum Gasteiger partial charge on any atom is 0.416 e. The van der Waals surface area contributed by atoms with Crippen molar-refractivity contribution in [3.05, 3.63) is 41.4 Å². The summed E-state index contributed by atoms with van der Waals surface area (Å²) in [7, 11) is 0. The van der Waals surface area contributed by atoms with Gasteiger partial charge in [-0.2, -0.15) is 18.2 Å². The molecule has 0 amide bonds. The fourth-order valence-corrected chi connectivity index (χ4v) is 4.19. The second-order valence-electron chi connectivity index (χ2n) is 6.27. The number of anilines is 3. The molecule has 2 aromatic heterocycles. The number of hydrogen-bond donors (Lipinski definition) is 1. The largest absolute Gasteiger partial charge is 0.616 e. The molecular weight excluding hydrogens is 429 g/mol. The van der Waals surface area contributed by atoms with Crippen LogP contribution in [-0.2, 0) is 17.4 Å². The second kappa shape index (κ2) is 7.81. The summed E-state index contributed by atoms with van der Waals surface area (Å²) in [6.45, 7) is 1.05. The van der Waals surface area contributed by atoms with Gasteiger partial charge in [0.2, 0.25) is 5.28 Å². The SMILES string of the molecule is [O-][S+]1CCN(c2nc(Cl)nc3c(Nc4cccc(C(F)(F)F)c4)ncnc23)CC1. The monoisotopic (exact) mass is 442 g/mol. The van der Waals surface area contributed by atoms with Crippen LogP contribution in [0.25, 0.3) is 11.0 Å². The summed E-state index contributed by atoms with van der Waals surface area (Å²) in [5, 5.41) is 2.82. The molecule has 1 saturated heterocycles. The lowest BCUT2D eigenvalue weighted by Crippen LogP contribution is -2.41. The Balaban J connectivity index is 1.73. The molecule has 3 heterocycles. The summed E-state index contributed by atoms with van der Waals surface area (Å²) in [5.74, 6) is 1.69. The van der Waals surface area contributed by atoms with Crippen molar-refractivity contribution in [2.24, 2.45) is 0 Å². The topological polar surface area (TPSA) is 89.9 Å². The number of halogens is 4. The third kappa shape index (κ3) is 4.31. The van der Waals surface area contributed by atoms with E-state index in [-0.39, 0.29) is 22.3 Å². The van der Waals surface area contributed by atoms with Gasteiger partial charge in [-0.1, -0.05) is 17.2 Å². The van der Waals surface area contributed by atoms with Crippen LogP contribution in [-0.4, -0.2) is 49.1 Å². The number of alkyl halides is 3. The molecule has 0 atom stereocenters. The molecule has 0 saturated carbocycles. The van der Waals surface area contributed by atoms with Crippen LogP contribution in [0.15, 0.2) is 30.6 Å². The predicted molar refractivity (Wildman–Crippen MR) is 105 cm³/mol. The van der Waals surface area contributed by atoms with Crippen LogP contribution in [0.5, 0.6) is 0 Å². The minimum atomic E-state index is -4.46. The molecule has 7 nitrogen and oxygen atoms in total. The van der Waals surface area contributed by atoms with Crippen molar-refractivity contribution in [3.63, 3.8) is 0 Å². The lowest BCUT2D eigenvalue weighted by Gasteiger charge is -2.29. The molecule has 4 rings (SSSR count). The van der Waals surface area contributed by atoms with E-state index in [4.69, 9.17) is 11.6 Å². The zero-order valence-corrected chi connectivity index (χ0v) is 16.4. The third-order valence-electron chi connectivity index (χ3n) is 4.37. The predicted octanol–water partition coefficient (Wildman–Crippen LogP) is 3.40. The number of aromatic nitrogens is 4. The first-order valence-corrected chi connectivity index (χ1v) is 10.4. The molecule has 12 heteroatoms. The zero-order chi connectivity index (χ0) is 20.6. The van der Waals surface area contributed by atoms with E-state index in [1.165, 1.54) is 18.5 Å². The molecule has 1 aromatic carbocycles. The Morgan fingerprint density at radius 3 is 2.59 bits per heavy atom. The molecule has 0 aliphatic carbocycles. The van der Waals surface area contributed by atoms with Crippen molar-refractivity contribution >= 4 is 51.1 Å². The fraction of sp³-hybridized carbons (Fsp3) is 0.294. The maximum atomic E-state index is 13.0. The van der Waals surface area contributed by atoms with Gasteiger partial charge >= 0.3 is 6.18 Å². The summed E-state index contributed by atoms with van der Waals surface area (Å²) in [6.07, 6.45) is -3.18. The van der Waals surface area contributed by atoms with Gasteiger partial charge in [-0.3, -0.25) is 0 Å². The van der Waals surface area contributed by atoms with Crippen LogP contribution >= 0.6 is 11.6 Å². The van der Waals surface area contributed by atoms with Crippen molar-refractivity contribution in [1.82, 2.24) is 19.9 Å². The van der Waals surface area contributed by atoms with Gasteiger partial charge < -0.3 is 14.8 Å². The Kier molecular flexibility index (Phi) is 5.36. The Morgan fingerprint density at radius 1 is 1.10 bits per heavy atom. The molecule has 1 aliphatic heterocycles. The third-order valence-corrected chi connectivity index (χ3v) is 5.81. The fourth-order valence-electron chi connectivity index (χ4n) is 2.98. The summed E-state index contributed by atoms with van der Waals surface area (Å²) in [6, 6.07) is 4.76. The van der Waals surface area contributed by atoms with E-state index >= 15 is 0 Å². The number of nitrogens with zero attached hydrogens (tertiary/aromatic N) is 5. The van der Waals surface area contributed by atoms with E-state index in [1.54, 1.807) is 0 Å². The van der Waals surface area contributed by atoms with Crippen LogP contribution in [0.4, 0.5) is 30.5 Å². The molecule has 29 heavy (non-hydrogen) atoms. The van der Waals surface area contributed by atoms with E-state index < -0.39 is 22.9 Å². The highest BCUT2D eigenvalue weighted by Gasteiger charge is 2.30. The summed E-state index contributed by atoms with van der Waals surface area (Å²) in [4.78, 5) is 18.7. The number of fused-ring (bicyclic) bond motifs is 1. The number of benzene rings is 1. The number of hydrogen-bond acceptors (Lipinski definition) is 7. The lowest BCUT2D eigenvalue weighted by atomic mass is 10.2. The molecule has 0 bridgehead atoms. The summed E-state index contributed by atoms with van der Waals surface area (Å²) >= 11 is 5.22. The van der Waals surface area contributed by atoms with Gasteiger partial charge in [0.15, 0.2) is 11.6 Å². The van der Waals surface area contributed by atoms with Gasteiger partial charge in [0.25, 0.3) is 0 Å². The first-order valence-electron chi connectivity index (χ1n) is 8.54. The van der Waals surface area contributed by atoms with E-state index in [2.05, 4.69) is 25.3 Å². The van der Waals surface area contributed by atoms with Crippen LogP contribution in [0.1, 0.15) is 5.56 Å². The van der Waals surface area contributed by atoms with Crippen LogP contribution in [0.2, 0.25) is 5.28 Å². The minimum Gasteiger partial charge on any atom is -0.616 e. The number of rotatable bonds is 3. The van der Waals surface area contributed by atoms with Gasteiger partial charge in [-0.25, -0.2) is 15.0 Å². The number of nitrogens with one attached hydrogen (secondary N) is 1. The van der Waals surface area contributed by atoms with Gasteiger partial charge in [0.1, 0.15) is 28.9 Å². The van der Waals surface area contributed by atoms with Crippen molar-refractivity contribution in [1.29, 1.82) is 0 Å². The minimum absolute atomic E-state index is 0.0407. The smallest absolute Gasteiger partial charge is 0.416 e. The van der Waals surface area contributed by atoms with Crippen molar-refractivity contribution < 1.29 is 17.7 Å². The highest BCUT2D eigenvalue weighted by molar-refractivity contribution is 7.91. The zero-order valence-electron chi connectivity index (χ0n) is 14.8. The molecule has 152 valence electrons. The maximum absolute atomic E-state index is 13.0. The van der Waals surface area contributed by atoms with Crippen LogP contribution in [0.3, 0.4) is 0 Å².